The SMILES string of the molecule is CCOC(=S)Sc1cc(C)c(C)c(OC)c1. The number of ether oxygens (including phenoxy) is 2. The summed E-state index contributed by atoms with van der Waals surface area (Å²) in [6.07, 6.45) is 0. The highest BCUT2D eigenvalue weighted by molar-refractivity contribution is 8.22. The Morgan fingerprint density at radius 1 is 1.38 bits per heavy atom. The molecule has 1 aromatic rings. The van der Waals surface area contributed by atoms with Gasteiger partial charge in [0.1, 0.15) is 5.75 Å². The van der Waals surface area contributed by atoms with Crippen molar-refractivity contribution in [3.8, 4) is 5.75 Å². The minimum atomic E-state index is 0.549. The molecule has 0 aliphatic rings. The number of benzene rings is 1. The van der Waals surface area contributed by atoms with Gasteiger partial charge in [0.05, 0.1) is 13.7 Å². The van der Waals surface area contributed by atoms with E-state index >= 15 is 0 Å². The van der Waals surface area contributed by atoms with Gasteiger partial charge < -0.3 is 9.47 Å². The Morgan fingerprint density at radius 2 is 2.06 bits per heavy atom. The van der Waals surface area contributed by atoms with Crippen LogP contribution in [0.3, 0.4) is 0 Å². The number of hydrogen-bond acceptors (Lipinski definition) is 4. The Hall–Kier alpha value is -0.740. The number of methoxy groups -OCH3 is 1. The molecule has 1 aromatic carbocycles. The average Bonchev–Trinajstić information content (AvgIpc) is 2.23. The third kappa shape index (κ3) is 3.39. The lowest BCUT2D eigenvalue weighted by Crippen LogP contribution is -1.96. The molecule has 1 rings (SSSR count). The number of aryl methyl sites for hydroxylation is 1. The van der Waals surface area contributed by atoms with E-state index in [0.717, 1.165) is 16.2 Å². The molecule has 0 atom stereocenters. The standard InChI is InChI=1S/C12H16O2S2/c1-5-14-12(15)16-10-6-8(2)9(3)11(7-10)13-4/h6-7H,5H2,1-4H3. The van der Waals surface area contributed by atoms with Gasteiger partial charge in [0.25, 0.3) is 0 Å². The van der Waals surface area contributed by atoms with Gasteiger partial charge in [-0.05, 0) is 68.0 Å². The number of thioether (sulfide) groups is 1. The third-order valence-corrected chi connectivity index (χ3v) is 3.40. The summed E-state index contributed by atoms with van der Waals surface area (Å²) in [6, 6.07) is 4.08. The molecule has 0 saturated heterocycles. The topological polar surface area (TPSA) is 18.5 Å². The second kappa shape index (κ2) is 6.11. The van der Waals surface area contributed by atoms with Crippen molar-refractivity contribution in [3.05, 3.63) is 23.3 Å². The van der Waals surface area contributed by atoms with Gasteiger partial charge in [0, 0.05) is 4.90 Å². The molecule has 0 aromatic heterocycles. The largest absolute Gasteiger partial charge is 0.496 e. The van der Waals surface area contributed by atoms with Crippen LogP contribution in [0.2, 0.25) is 0 Å². The monoisotopic (exact) mass is 256 g/mol. The highest BCUT2D eigenvalue weighted by Gasteiger charge is 2.07. The molecule has 0 N–H and O–H groups in total. The number of thiocarbonyl (C=S) groups is 1. The molecule has 4 heteroatoms. The van der Waals surface area contributed by atoms with E-state index in [1.54, 1.807) is 7.11 Å². The van der Waals surface area contributed by atoms with Gasteiger partial charge in [0.15, 0.2) is 0 Å². The quantitative estimate of drug-likeness (QED) is 0.605. The molecule has 0 amide bonds. The Labute approximate surface area is 106 Å². The Kier molecular flexibility index (Phi) is 5.09. The number of rotatable bonds is 3. The van der Waals surface area contributed by atoms with E-state index in [-0.39, 0.29) is 0 Å². The molecule has 0 spiro atoms. The Balaban J connectivity index is 2.89. The van der Waals surface area contributed by atoms with Gasteiger partial charge in [-0.3, -0.25) is 0 Å². The predicted octanol–water partition coefficient (Wildman–Crippen LogP) is 3.73. The van der Waals surface area contributed by atoms with Crippen LogP contribution in [0.4, 0.5) is 0 Å². The zero-order valence-electron chi connectivity index (χ0n) is 9.99. The summed E-state index contributed by atoms with van der Waals surface area (Å²) < 4.78 is 11.1. The number of hydrogen-bond donors (Lipinski definition) is 0. The lowest BCUT2D eigenvalue weighted by molar-refractivity contribution is 0.346. The molecule has 16 heavy (non-hydrogen) atoms. The van der Waals surface area contributed by atoms with E-state index in [1.165, 1.54) is 17.3 Å². The van der Waals surface area contributed by atoms with Crippen molar-refractivity contribution in [1.82, 2.24) is 0 Å². The normalized spacial score (nSPS) is 10.0. The maximum absolute atomic E-state index is 5.31. The second-order valence-electron chi connectivity index (χ2n) is 3.35. The second-order valence-corrected chi connectivity index (χ2v) is 5.03. The first-order valence-corrected chi connectivity index (χ1v) is 6.30. The van der Waals surface area contributed by atoms with Crippen molar-refractivity contribution < 1.29 is 9.47 Å². The summed E-state index contributed by atoms with van der Waals surface area (Å²) in [7, 11) is 1.68. The van der Waals surface area contributed by atoms with Crippen LogP contribution in [-0.4, -0.2) is 18.1 Å². The van der Waals surface area contributed by atoms with Crippen LogP contribution >= 0.6 is 24.0 Å². The molecule has 0 saturated carbocycles. The summed E-state index contributed by atoms with van der Waals surface area (Å²) >= 11 is 6.54. The predicted molar refractivity (Wildman–Crippen MR) is 72.5 cm³/mol. The van der Waals surface area contributed by atoms with Crippen LogP contribution < -0.4 is 4.74 Å². The molecular formula is C12H16O2S2. The van der Waals surface area contributed by atoms with E-state index in [2.05, 4.69) is 13.0 Å². The van der Waals surface area contributed by atoms with Crippen LogP contribution in [0.5, 0.6) is 5.75 Å². The third-order valence-electron chi connectivity index (χ3n) is 2.28. The molecule has 88 valence electrons. The zero-order valence-corrected chi connectivity index (χ0v) is 11.6. The fourth-order valence-electron chi connectivity index (χ4n) is 1.31. The van der Waals surface area contributed by atoms with Crippen molar-refractivity contribution in [2.75, 3.05) is 13.7 Å². The molecule has 0 fully saturated rings. The zero-order chi connectivity index (χ0) is 12.1. The van der Waals surface area contributed by atoms with Crippen LogP contribution in [0.25, 0.3) is 0 Å². The lowest BCUT2D eigenvalue weighted by Gasteiger charge is -2.11. The van der Waals surface area contributed by atoms with E-state index < -0.39 is 0 Å². The first-order chi connectivity index (χ1) is 7.58. The molecule has 0 bridgehead atoms. The summed E-state index contributed by atoms with van der Waals surface area (Å²) in [6.45, 7) is 6.64. The highest BCUT2D eigenvalue weighted by Crippen LogP contribution is 2.30. The summed E-state index contributed by atoms with van der Waals surface area (Å²) in [5.41, 5.74) is 2.36. The van der Waals surface area contributed by atoms with Gasteiger partial charge in [-0.15, -0.1) is 0 Å². The van der Waals surface area contributed by atoms with Crippen LogP contribution in [0.15, 0.2) is 17.0 Å². The minimum absolute atomic E-state index is 0.549. The van der Waals surface area contributed by atoms with Gasteiger partial charge in [-0.1, -0.05) is 0 Å². The lowest BCUT2D eigenvalue weighted by atomic mass is 10.1. The maximum atomic E-state index is 5.31. The molecule has 0 aliphatic carbocycles. The molecule has 2 nitrogen and oxygen atoms in total. The first-order valence-electron chi connectivity index (χ1n) is 5.08. The van der Waals surface area contributed by atoms with Gasteiger partial charge in [-0.25, -0.2) is 0 Å². The first kappa shape index (κ1) is 13.3. The van der Waals surface area contributed by atoms with Gasteiger partial charge >= 0.3 is 0 Å². The minimum Gasteiger partial charge on any atom is -0.496 e. The summed E-state index contributed by atoms with van der Waals surface area (Å²) in [5.74, 6) is 0.891. The molecule has 0 aliphatic heterocycles. The van der Waals surface area contributed by atoms with Crippen molar-refractivity contribution in [2.45, 2.75) is 25.7 Å². The Bertz CT molecular complexity index is 389. The van der Waals surface area contributed by atoms with E-state index in [9.17, 15) is 0 Å². The average molecular weight is 256 g/mol. The molecule has 0 heterocycles. The van der Waals surface area contributed by atoms with Crippen LogP contribution in [-0.2, 0) is 4.74 Å². The van der Waals surface area contributed by atoms with Crippen LogP contribution in [0, 0.1) is 13.8 Å². The smallest absolute Gasteiger partial charge is 0.224 e. The summed E-state index contributed by atoms with van der Waals surface area (Å²) in [5, 5.41) is 0. The van der Waals surface area contributed by atoms with E-state index in [1.807, 2.05) is 19.9 Å². The molecule has 0 unspecified atom stereocenters. The van der Waals surface area contributed by atoms with E-state index in [0.29, 0.717) is 11.0 Å². The molecule has 0 radical (unpaired) electrons. The fourth-order valence-corrected chi connectivity index (χ4v) is 2.49. The van der Waals surface area contributed by atoms with Crippen molar-refractivity contribution >= 4 is 28.4 Å². The van der Waals surface area contributed by atoms with Crippen molar-refractivity contribution in [2.24, 2.45) is 0 Å². The fraction of sp³-hybridized carbons (Fsp3) is 0.417. The molecular weight excluding hydrogens is 240 g/mol. The van der Waals surface area contributed by atoms with E-state index in [4.69, 9.17) is 21.7 Å². The van der Waals surface area contributed by atoms with Gasteiger partial charge in [-0.2, -0.15) is 0 Å². The summed E-state index contributed by atoms with van der Waals surface area (Å²) in [4.78, 5) is 1.05. The van der Waals surface area contributed by atoms with Crippen molar-refractivity contribution in [1.29, 1.82) is 0 Å². The van der Waals surface area contributed by atoms with Gasteiger partial charge in [0.2, 0.25) is 4.38 Å². The maximum Gasteiger partial charge on any atom is 0.224 e. The highest BCUT2D eigenvalue weighted by atomic mass is 32.2. The van der Waals surface area contributed by atoms with Crippen molar-refractivity contribution in [3.63, 3.8) is 0 Å². The Morgan fingerprint density at radius 3 is 2.62 bits per heavy atom. The van der Waals surface area contributed by atoms with Crippen LogP contribution in [0.1, 0.15) is 18.1 Å².